The van der Waals surface area contributed by atoms with E-state index >= 15 is 0 Å². The molecule has 0 radical (unpaired) electrons. The topological polar surface area (TPSA) is 55.6 Å². The van der Waals surface area contributed by atoms with Crippen LogP contribution in [0.5, 0.6) is 0 Å². The lowest BCUT2D eigenvalue weighted by Crippen LogP contribution is -2.44. The van der Waals surface area contributed by atoms with Crippen LogP contribution in [0.15, 0.2) is 30.3 Å². The van der Waals surface area contributed by atoms with Crippen molar-refractivity contribution in [2.45, 2.75) is 18.9 Å². The average molecular weight is 262 g/mol. The number of ether oxygens (including phenoxy) is 1. The largest absolute Gasteiger partial charge is 0.384 e. The fourth-order valence-electron chi connectivity index (χ4n) is 2.89. The summed E-state index contributed by atoms with van der Waals surface area (Å²) in [4.78, 5) is 14.0. The van der Waals surface area contributed by atoms with Gasteiger partial charge in [0.05, 0.1) is 6.61 Å². The van der Waals surface area contributed by atoms with E-state index in [0.29, 0.717) is 5.92 Å². The highest BCUT2D eigenvalue weighted by atomic mass is 16.5. The van der Waals surface area contributed by atoms with E-state index in [-0.39, 0.29) is 11.9 Å². The monoisotopic (exact) mass is 262 g/mol. The summed E-state index contributed by atoms with van der Waals surface area (Å²) in [5.74, 6) is 0.216. The molecule has 0 aliphatic carbocycles. The van der Waals surface area contributed by atoms with E-state index in [4.69, 9.17) is 10.5 Å². The standard InChI is InChI=1S/C15H22N2O2/c1-19-11-12-6-5-9-17(10-12)14(15(16)18)13-7-3-2-4-8-13/h2-4,7-8,12,14H,5-6,9-11H2,1H3,(H2,16,18)/t12-,14+/m0/s1. The van der Waals surface area contributed by atoms with Crippen LogP contribution in [0.4, 0.5) is 0 Å². The van der Waals surface area contributed by atoms with Gasteiger partial charge in [-0.15, -0.1) is 0 Å². The van der Waals surface area contributed by atoms with E-state index in [1.807, 2.05) is 30.3 Å². The molecule has 2 N–H and O–H groups in total. The molecule has 2 atom stereocenters. The molecule has 19 heavy (non-hydrogen) atoms. The first-order valence-electron chi connectivity index (χ1n) is 6.79. The molecule has 4 nitrogen and oxygen atoms in total. The fraction of sp³-hybridized carbons (Fsp3) is 0.533. The number of likely N-dealkylation sites (tertiary alicyclic amines) is 1. The van der Waals surface area contributed by atoms with Crippen molar-refractivity contribution < 1.29 is 9.53 Å². The van der Waals surface area contributed by atoms with Gasteiger partial charge in [0.25, 0.3) is 0 Å². The van der Waals surface area contributed by atoms with E-state index in [0.717, 1.165) is 38.1 Å². The van der Waals surface area contributed by atoms with Gasteiger partial charge in [-0.1, -0.05) is 30.3 Å². The number of amides is 1. The minimum Gasteiger partial charge on any atom is -0.384 e. The van der Waals surface area contributed by atoms with E-state index < -0.39 is 0 Å². The van der Waals surface area contributed by atoms with Gasteiger partial charge < -0.3 is 10.5 Å². The van der Waals surface area contributed by atoms with Crippen LogP contribution in [0.25, 0.3) is 0 Å². The van der Waals surface area contributed by atoms with E-state index in [1.165, 1.54) is 0 Å². The van der Waals surface area contributed by atoms with Crippen LogP contribution in [-0.2, 0) is 9.53 Å². The Morgan fingerprint density at radius 2 is 2.21 bits per heavy atom. The van der Waals surface area contributed by atoms with Crippen LogP contribution in [0, 0.1) is 5.92 Å². The molecule has 0 unspecified atom stereocenters. The molecule has 1 aromatic rings. The van der Waals surface area contributed by atoms with Crippen LogP contribution in [0.3, 0.4) is 0 Å². The molecule has 1 heterocycles. The molecule has 1 fully saturated rings. The van der Waals surface area contributed by atoms with Crippen LogP contribution in [0.1, 0.15) is 24.4 Å². The summed E-state index contributed by atoms with van der Waals surface area (Å²) in [5.41, 5.74) is 6.59. The van der Waals surface area contributed by atoms with Crippen molar-refractivity contribution in [3.05, 3.63) is 35.9 Å². The second-order valence-electron chi connectivity index (χ2n) is 5.17. The first-order chi connectivity index (χ1) is 9.22. The third kappa shape index (κ3) is 3.55. The van der Waals surface area contributed by atoms with Gasteiger partial charge in [-0.2, -0.15) is 0 Å². The van der Waals surface area contributed by atoms with Gasteiger partial charge in [0.2, 0.25) is 5.91 Å². The average Bonchev–Trinajstić information content (AvgIpc) is 2.40. The maximum absolute atomic E-state index is 11.8. The lowest BCUT2D eigenvalue weighted by atomic mass is 9.95. The SMILES string of the molecule is COC[C@H]1CCCN([C@@H](C(N)=O)c2ccccc2)C1. The number of nitrogens with two attached hydrogens (primary N) is 1. The van der Waals surface area contributed by atoms with E-state index in [2.05, 4.69) is 4.90 Å². The zero-order valence-electron chi connectivity index (χ0n) is 11.4. The van der Waals surface area contributed by atoms with Gasteiger partial charge in [0.1, 0.15) is 6.04 Å². The van der Waals surface area contributed by atoms with Crippen molar-refractivity contribution >= 4 is 5.91 Å². The summed E-state index contributed by atoms with van der Waals surface area (Å²) in [5, 5.41) is 0. The second kappa shape index (κ2) is 6.68. The number of rotatable bonds is 5. The highest BCUT2D eigenvalue weighted by molar-refractivity contribution is 5.81. The summed E-state index contributed by atoms with van der Waals surface area (Å²) in [7, 11) is 1.72. The number of piperidine rings is 1. The zero-order valence-corrected chi connectivity index (χ0v) is 11.4. The molecule has 0 saturated carbocycles. The van der Waals surface area contributed by atoms with Crippen molar-refractivity contribution in [3.63, 3.8) is 0 Å². The van der Waals surface area contributed by atoms with Gasteiger partial charge in [0.15, 0.2) is 0 Å². The number of carbonyl (C=O) groups excluding carboxylic acids is 1. The number of carbonyl (C=O) groups is 1. The Kier molecular flexibility index (Phi) is 4.93. The molecule has 1 aliphatic heterocycles. The van der Waals surface area contributed by atoms with Crippen LogP contribution < -0.4 is 5.73 Å². The Morgan fingerprint density at radius 1 is 1.47 bits per heavy atom. The summed E-state index contributed by atoms with van der Waals surface area (Å²) in [6, 6.07) is 9.46. The number of hydrogen-bond acceptors (Lipinski definition) is 3. The van der Waals surface area contributed by atoms with Crippen LogP contribution >= 0.6 is 0 Å². The van der Waals surface area contributed by atoms with Gasteiger partial charge in [-0.3, -0.25) is 9.69 Å². The van der Waals surface area contributed by atoms with Crippen LogP contribution in [0.2, 0.25) is 0 Å². The summed E-state index contributed by atoms with van der Waals surface area (Å²) >= 11 is 0. The Hall–Kier alpha value is -1.39. The Balaban J connectivity index is 2.13. The molecule has 1 amide bonds. The summed E-state index contributed by atoms with van der Waals surface area (Å²) in [6.45, 7) is 2.54. The number of nitrogens with zero attached hydrogens (tertiary/aromatic N) is 1. The lowest BCUT2D eigenvalue weighted by Gasteiger charge is -2.36. The molecule has 2 rings (SSSR count). The third-order valence-electron chi connectivity index (χ3n) is 3.70. The Labute approximate surface area is 114 Å². The quantitative estimate of drug-likeness (QED) is 0.876. The maximum atomic E-state index is 11.8. The molecule has 0 aromatic heterocycles. The number of primary amides is 1. The first kappa shape index (κ1) is 14.0. The molecule has 104 valence electrons. The molecule has 0 spiro atoms. The normalized spacial score (nSPS) is 22.1. The molecule has 1 aromatic carbocycles. The highest BCUT2D eigenvalue weighted by Gasteiger charge is 2.30. The van der Waals surface area contributed by atoms with Gasteiger partial charge >= 0.3 is 0 Å². The Morgan fingerprint density at radius 3 is 2.84 bits per heavy atom. The molecular formula is C15H22N2O2. The van der Waals surface area contributed by atoms with Crippen molar-refractivity contribution in [2.75, 3.05) is 26.8 Å². The lowest BCUT2D eigenvalue weighted by molar-refractivity contribution is -0.124. The Bertz CT molecular complexity index is 406. The highest BCUT2D eigenvalue weighted by Crippen LogP contribution is 2.26. The predicted molar refractivity (Wildman–Crippen MR) is 74.6 cm³/mol. The number of methoxy groups -OCH3 is 1. The van der Waals surface area contributed by atoms with E-state index in [9.17, 15) is 4.79 Å². The molecule has 4 heteroatoms. The number of benzene rings is 1. The minimum atomic E-state index is -0.319. The van der Waals surface area contributed by atoms with Gasteiger partial charge in [-0.25, -0.2) is 0 Å². The molecular weight excluding hydrogens is 240 g/mol. The van der Waals surface area contributed by atoms with E-state index in [1.54, 1.807) is 7.11 Å². The molecule has 1 saturated heterocycles. The molecule has 1 aliphatic rings. The smallest absolute Gasteiger partial charge is 0.239 e. The zero-order chi connectivity index (χ0) is 13.7. The van der Waals surface area contributed by atoms with Crippen molar-refractivity contribution in [2.24, 2.45) is 11.7 Å². The predicted octanol–water partition coefficient (Wildman–Crippen LogP) is 1.57. The third-order valence-corrected chi connectivity index (χ3v) is 3.70. The summed E-state index contributed by atoms with van der Waals surface area (Å²) in [6.07, 6.45) is 2.25. The van der Waals surface area contributed by atoms with Crippen molar-refractivity contribution in [1.29, 1.82) is 0 Å². The van der Waals surface area contributed by atoms with Crippen molar-refractivity contribution in [3.8, 4) is 0 Å². The minimum absolute atomic E-state index is 0.274. The fourth-order valence-corrected chi connectivity index (χ4v) is 2.89. The van der Waals surface area contributed by atoms with Crippen LogP contribution in [-0.4, -0.2) is 37.6 Å². The van der Waals surface area contributed by atoms with Gasteiger partial charge in [-0.05, 0) is 30.9 Å². The van der Waals surface area contributed by atoms with Crippen molar-refractivity contribution in [1.82, 2.24) is 4.90 Å². The number of hydrogen-bond donors (Lipinski definition) is 1. The molecule has 0 bridgehead atoms. The first-order valence-corrected chi connectivity index (χ1v) is 6.79. The maximum Gasteiger partial charge on any atom is 0.239 e. The summed E-state index contributed by atoms with van der Waals surface area (Å²) < 4.78 is 5.23. The second-order valence-corrected chi connectivity index (χ2v) is 5.17. The van der Waals surface area contributed by atoms with Gasteiger partial charge in [0, 0.05) is 13.7 Å².